The van der Waals surface area contributed by atoms with Crippen molar-refractivity contribution in [1.82, 2.24) is 0 Å². The Labute approximate surface area is 139 Å². The molecular weight excluding hydrogens is 304 g/mol. The Morgan fingerprint density at radius 1 is 1.04 bits per heavy atom. The highest BCUT2D eigenvalue weighted by atomic mass is 32.2. The van der Waals surface area contributed by atoms with E-state index in [-0.39, 0.29) is 0 Å². The predicted octanol–water partition coefficient (Wildman–Crippen LogP) is 4.93. The fraction of sp³-hybridized carbons (Fsp3) is 0.0526. The number of hydrogen-bond acceptors (Lipinski definition) is 4. The van der Waals surface area contributed by atoms with E-state index in [2.05, 4.69) is 11.2 Å². The van der Waals surface area contributed by atoms with Crippen LogP contribution in [0.5, 0.6) is 5.75 Å². The summed E-state index contributed by atoms with van der Waals surface area (Å²) in [6.45, 7) is 1.97. The number of allylic oxidation sites excluding steroid dienone is 2. The summed E-state index contributed by atoms with van der Waals surface area (Å²) >= 11 is 1.43. The van der Waals surface area contributed by atoms with Crippen LogP contribution in [0.2, 0.25) is 0 Å². The summed E-state index contributed by atoms with van der Waals surface area (Å²) in [5.74, 6) is 0.731. The van der Waals surface area contributed by atoms with E-state index in [4.69, 9.17) is 4.84 Å². The first-order valence-corrected chi connectivity index (χ1v) is 7.96. The first-order valence-electron chi connectivity index (χ1n) is 7.14. The average Bonchev–Trinajstić information content (AvgIpc) is 3.04. The minimum Gasteiger partial charge on any atom is -0.356 e. The quantitative estimate of drug-likeness (QED) is 0.595. The topological polar surface area (TPSA) is 45.4 Å². The number of nitrogens with zero attached hydrogens (tertiary/aromatic N) is 2. The van der Waals surface area contributed by atoms with E-state index in [1.54, 1.807) is 0 Å². The normalized spacial score (nSPS) is 17.1. The summed E-state index contributed by atoms with van der Waals surface area (Å²) in [6, 6.07) is 19.6. The van der Waals surface area contributed by atoms with Crippen molar-refractivity contribution in [3.05, 3.63) is 82.8 Å². The molecule has 0 aliphatic carbocycles. The van der Waals surface area contributed by atoms with E-state index < -0.39 is 0 Å². The summed E-state index contributed by atoms with van der Waals surface area (Å²) in [4.78, 5) is 6.38. The van der Waals surface area contributed by atoms with Gasteiger partial charge in [-0.1, -0.05) is 65.4 Å². The van der Waals surface area contributed by atoms with Crippen molar-refractivity contribution in [2.75, 3.05) is 0 Å². The maximum atomic E-state index is 9.44. The fourth-order valence-electron chi connectivity index (χ4n) is 2.13. The zero-order valence-electron chi connectivity index (χ0n) is 12.6. The van der Waals surface area contributed by atoms with E-state index in [9.17, 15) is 5.26 Å². The molecule has 2 aromatic carbocycles. The number of para-hydroxylation sites is 1. The zero-order valence-corrected chi connectivity index (χ0v) is 13.4. The molecule has 0 spiro atoms. The molecule has 0 unspecified atom stereocenters. The fourth-order valence-corrected chi connectivity index (χ4v) is 2.97. The van der Waals surface area contributed by atoms with Gasteiger partial charge >= 0.3 is 0 Å². The second-order valence-corrected chi connectivity index (χ2v) is 6.00. The van der Waals surface area contributed by atoms with Gasteiger partial charge in [0.2, 0.25) is 0 Å². The van der Waals surface area contributed by atoms with Crippen LogP contribution in [-0.4, -0.2) is 5.04 Å². The first kappa shape index (κ1) is 15.1. The number of benzene rings is 2. The molecule has 3 rings (SSSR count). The molecule has 2 aromatic rings. The van der Waals surface area contributed by atoms with E-state index in [1.807, 2.05) is 73.7 Å². The highest BCUT2D eigenvalue weighted by Gasteiger charge is 2.15. The summed E-state index contributed by atoms with van der Waals surface area (Å²) < 4.78 is 0. The van der Waals surface area contributed by atoms with Crippen LogP contribution in [0, 0.1) is 18.3 Å². The maximum absolute atomic E-state index is 9.44. The molecule has 0 atom stereocenters. The highest BCUT2D eigenvalue weighted by Crippen LogP contribution is 2.34. The van der Waals surface area contributed by atoms with Gasteiger partial charge in [-0.15, -0.1) is 0 Å². The maximum Gasteiger partial charge on any atom is 0.160 e. The Hall–Kier alpha value is -2.77. The van der Waals surface area contributed by atoms with Gasteiger partial charge in [-0.2, -0.15) is 5.26 Å². The number of aryl methyl sites for hydroxylation is 1. The third-order valence-electron chi connectivity index (χ3n) is 3.34. The Balaban J connectivity index is 1.80. The van der Waals surface area contributed by atoms with Crippen LogP contribution >= 0.6 is 11.8 Å². The number of hydrogen-bond donors (Lipinski definition) is 0. The molecule has 0 N–H and O–H groups in total. The van der Waals surface area contributed by atoms with Crippen molar-refractivity contribution in [3.63, 3.8) is 0 Å². The average molecular weight is 318 g/mol. The molecule has 112 valence electrons. The first-order chi connectivity index (χ1) is 11.3. The third kappa shape index (κ3) is 3.53. The van der Waals surface area contributed by atoms with Gasteiger partial charge in [-0.3, -0.25) is 0 Å². The molecule has 0 bridgehead atoms. The molecule has 0 amide bonds. The lowest BCUT2D eigenvalue weighted by Crippen LogP contribution is -1.91. The number of thioether (sulfide) groups is 1. The molecule has 1 aliphatic rings. The van der Waals surface area contributed by atoms with E-state index >= 15 is 0 Å². The van der Waals surface area contributed by atoms with E-state index in [1.165, 1.54) is 11.8 Å². The number of nitriles is 1. The van der Waals surface area contributed by atoms with Gasteiger partial charge in [0.1, 0.15) is 11.1 Å². The lowest BCUT2D eigenvalue weighted by molar-refractivity contribution is 0.341. The summed E-state index contributed by atoms with van der Waals surface area (Å²) in [5, 5.41) is 14.3. The van der Waals surface area contributed by atoms with E-state index in [0.29, 0.717) is 5.57 Å². The van der Waals surface area contributed by atoms with Crippen LogP contribution in [0.4, 0.5) is 0 Å². The minimum absolute atomic E-state index is 0.646. The smallest absolute Gasteiger partial charge is 0.160 e. The molecule has 1 aliphatic heterocycles. The van der Waals surface area contributed by atoms with Gasteiger partial charge in [0.15, 0.2) is 5.75 Å². The molecule has 1 heterocycles. The van der Waals surface area contributed by atoms with Crippen molar-refractivity contribution >= 4 is 22.4 Å². The van der Waals surface area contributed by atoms with Gasteiger partial charge in [0.05, 0.1) is 5.57 Å². The highest BCUT2D eigenvalue weighted by molar-refractivity contribution is 8.18. The Morgan fingerprint density at radius 3 is 2.52 bits per heavy atom. The molecule has 0 radical (unpaired) electrons. The van der Waals surface area contributed by atoms with Gasteiger partial charge in [-0.25, -0.2) is 0 Å². The Kier molecular flexibility index (Phi) is 4.60. The summed E-state index contributed by atoms with van der Waals surface area (Å²) in [7, 11) is 0. The van der Waals surface area contributed by atoms with Crippen LogP contribution in [0.3, 0.4) is 0 Å². The SMILES string of the molecule is Cc1ccccc1ON=C1C=CC(=C(C#N)c2ccccc2)S1. The summed E-state index contributed by atoms with van der Waals surface area (Å²) in [6.07, 6.45) is 3.76. The standard InChI is InChI=1S/C19H14N2OS/c1-14-7-5-6-10-17(14)22-21-19-12-11-18(23-19)16(13-20)15-8-3-2-4-9-15/h2-12H,1H3. The molecule has 0 saturated carbocycles. The van der Waals surface area contributed by atoms with Gasteiger partial charge < -0.3 is 4.84 Å². The minimum atomic E-state index is 0.646. The Bertz CT molecular complexity index is 845. The molecule has 0 aromatic heterocycles. The summed E-state index contributed by atoms with van der Waals surface area (Å²) in [5.41, 5.74) is 2.58. The number of oxime groups is 1. The second-order valence-electron chi connectivity index (χ2n) is 4.94. The lowest BCUT2D eigenvalue weighted by atomic mass is 10.1. The van der Waals surface area contributed by atoms with Gasteiger partial charge in [-0.05, 0) is 36.3 Å². The van der Waals surface area contributed by atoms with Crippen LogP contribution in [0.15, 0.2) is 76.8 Å². The van der Waals surface area contributed by atoms with Crippen molar-refractivity contribution in [2.24, 2.45) is 5.16 Å². The monoisotopic (exact) mass is 318 g/mol. The predicted molar refractivity (Wildman–Crippen MR) is 94.9 cm³/mol. The third-order valence-corrected chi connectivity index (χ3v) is 4.32. The zero-order chi connectivity index (χ0) is 16.1. The van der Waals surface area contributed by atoms with Gasteiger partial charge in [0.25, 0.3) is 0 Å². The Morgan fingerprint density at radius 2 is 1.78 bits per heavy atom. The van der Waals surface area contributed by atoms with Gasteiger partial charge in [0, 0.05) is 4.91 Å². The largest absolute Gasteiger partial charge is 0.356 e. The van der Waals surface area contributed by atoms with Crippen LogP contribution in [0.1, 0.15) is 11.1 Å². The molecule has 23 heavy (non-hydrogen) atoms. The lowest BCUT2D eigenvalue weighted by Gasteiger charge is -2.03. The molecule has 3 nitrogen and oxygen atoms in total. The van der Waals surface area contributed by atoms with E-state index in [0.717, 1.165) is 26.8 Å². The molecule has 0 saturated heterocycles. The molecule has 0 fully saturated rings. The van der Waals surface area contributed by atoms with Crippen LogP contribution in [0.25, 0.3) is 5.57 Å². The van der Waals surface area contributed by atoms with Crippen LogP contribution < -0.4 is 4.84 Å². The molecule has 4 heteroatoms. The van der Waals surface area contributed by atoms with Crippen molar-refractivity contribution in [1.29, 1.82) is 5.26 Å². The number of rotatable bonds is 3. The van der Waals surface area contributed by atoms with Crippen LogP contribution in [-0.2, 0) is 0 Å². The molecular formula is C19H14N2OS. The second kappa shape index (κ2) is 6.99. The van der Waals surface area contributed by atoms with Crippen molar-refractivity contribution in [2.45, 2.75) is 6.92 Å². The van der Waals surface area contributed by atoms with Crippen molar-refractivity contribution < 1.29 is 4.84 Å². The van der Waals surface area contributed by atoms with Crippen molar-refractivity contribution in [3.8, 4) is 11.8 Å².